The summed E-state index contributed by atoms with van der Waals surface area (Å²) in [6, 6.07) is 3.43. The molecule has 0 unspecified atom stereocenters. The van der Waals surface area contributed by atoms with Crippen molar-refractivity contribution < 1.29 is 30.7 Å². The third-order valence-corrected chi connectivity index (χ3v) is 4.36. The van der Waals surface area contributed by atoms with Gasteiger partial charge in [-0.25, -0.2) is 0 Å². The summed E-state index contributed by atoms with van der Waals surface area (Å²) in [5, 5.41) is 0. The van der Waals surface area contributed by atoms with Crippen molar-refractivity contribution in [1.29, 1.82) is 0 Å². The van der Waals surface area contributed by atoms with Crippen molar-refractivity contribution in [1.82, 2.24) is 0 Å². The maximum atomic E-state index is 11.5. The van der Waals surface area contributed by atoms with Gasteiger partial charge < -0.3 is 0 Å². The Kier molecular flexibility index (Phi) is 3.09. The zero-order chi connectivity index (χ0) is 14.4. The molecule has 19 heavy (non-hydrogen) atoms. The van der Waals surface area contributed by atoms with E-state index in [-0.39, 0.29) is 12.0 Å². The van der Waals surface area contributed by atoms with Gasteiger partial charge in [0.05, 0.1) is 4.90 Å². The number of fused-ring (bicyclic) bond motifs is 1. The molecule has 1 aliphatic rings. The summed E-state index contributed by atoms with van der Waals surface area (Å²) in [5.74, 6) is -0.783. The van der Waals surface area contributed by atoms with Crippen LogP contribution in [0.2, 0.25) is 0 Å². The summed E-state index contributed by atoms with van der Waals surface area (Å²) in [4.78, 5) is 10.3. The quantitative estimate of drug-likeness (QED) is 0.752. The van der Waals surface area contributed by atoms with Crippen LogP contribution in [0.4, 0.5) is 0 Å². The molecule has 0 radical (unpaired) electrons. The van der Waals surface area contributed by atoms with Crippen LogP contribution in [0, 0.1) is 0 Å². The molecule has 0 atom stereocenters. The number of benzene rings is 1. The van der Waals surface area contributed by atoms with Crippen LogP contribution >= 0.6 is 0 Å². The molecule has 2 N–H and O–H groups in total. The molecule has 0 spiro atoms. The highest BCUT2D eigenvalue weighted by Gasteiger charge is 2.28. The van der Waals surface area contributed by atoms with E-state index >= 15 is 0 Å². The SMILES string of the molecule is O=C1Cc2ccc(S(=O)(=O)O)cc2C=C1S(=O)(=O)O. The van der Waals surface area contributed by atoms with E-state index < -0.39 is 35.8 Å². The molecular weight excluding hydrogens is 296 g/mol. The van der Waals surface area contributed by atoms with Crippen molar-refractivity contribution in [2.45, 2.75) is 11.3 Å². The fraction of sp³-hybridized carbons (Fsp3) is 0.100. The monoisotopic (exact) mass is 304 g/mol. The zero-order valence-electron chi connectivity index (χ0n) is 9.27. The predicted molar refractivity (Wildman–Crippen MR) is 64.5 cm³/mol. The minimum Gasteiger partial charge on any atom is -0.293 e. The number of hydrogen-bond donors (Lipinski definition) is 2. The first-order valence-corrected chi connectivity index (χ1v) is 7.80. The molecule has 1 aromatic rings. The molecule has 9 heteroatoms. The molecule has 1 aromatic carbocycles. The Morgan fingerprint density at radius 2 is 1.63 bits per heavy atom. The number of carbonyl (C=O) groups excluding carboxylic acids is 1. The van der Waals surface area contributed by atoms with Gasteiger partial charge in [-0.15, -0.1) is 0 Å². The van der Waals surface area contributed by atoms with Gasteiger partial charge in [0.25, 0.3) is 20.2 Å². The number of allylic oxidation sites excluding steroid dienone is 1. The number of rotatable bonds is 2. The lowest BCUT2D eigenvalue weighted by Gasteiger charge is -2.14. The summed E-state index contributed by atoms with van der Waals surface area (Å²) in [6.45, 7) is 0. The Morgan fingerprint density at radius 3 is 2.16 bits per heavy atom. The van der Waals surface area contributed by atoms with Gasteiger partial charge in [0, 0.05) is 6.42 Å². The van der Waals surface area contributed by atoms with Crippen LogP contribution in [0.1, 0.15) is 11.1 Å². The van der Waals surface area contributed by atoms with Gasteiger partial charge in [-0.1, -0.05) is 6.07 Å². The molecule has 0 saturated carbocycles. The summed E-state index contributed by atoms with van der Waals surface area (Å²) in [5.41, 5.74) is 0.548. The van der Waals surface area contributed by atoms with Gasteiger partial charge in [0.1, 0.15) is 4.91 Å². The van der Waals surface area contributed by atoms with Crippen LogP contribution in [0.5, 0.6) is 0 Å². The average molecular weight is 304 g/mol. The average Bonchev–Trinajstić information content (AvgIpc) is 2.24. The molecule has 0 heterocycles. The van der Waals surface area contributed by atoms with Gasteiger partial charge in [-0.3, -0.25) is 13.9 Å². The maximum Gasteiger partial charge on any atom is 0.298 e. The van der Waals surface area contributed by atoms with Gasteiger partial charge in [0.2, 0.25) is 0 Å². The number of hydrogen-bond acceptors (Lipinski definition) is 5. The van der Waals surface area contributed by atoms with Crippen LogP contribution in [-0.2, 0) is 31.5 Å². The smallest absolute Gasteiger partial charge is 0.293 e. The summed E-state index contributed by atoms with van der Waals surface area (Å²) >= 11 is 0. The molecule has 0 aliphatic heterocycles. The fourth-order valence-electron chi connectivity index (χ4n) is 1.73. The Hall–Kier alpha value is -1.55. The number of carbonyl (C=O) groups is 1. The lowest BCUT2D eigenvalue weighted by Crippen LogP contribution is -2.19. The van der Waals surface area contributed by atoms with Crippen LogP contribution in [0.3, 0.4) is 0 Å². The molecule has 0 amide bonds. The number of Topliss-reactive ketones (excluding diaryl/α,β-unsaturated/α-hetero) is 1. The second-order valence-electron chi connectivity index (χ2n) is 3.92. The second kappa shape index (κ2) is 4.23. The minimum atomic E-state index is -4.67. The summed E-state index contributed by atoms with van der Waals surface area (Å²) in [7, 11) is -9.10. The summed E-state index contributed by atoms with van der Waals surface area (Å²) < 4.78 is 61.7. The number of ketones is 1. The van der Waals surface area contributed by atoms with Crippen LogP contribution in [-0.4, -0.2) is 31.7 Å². The second-order valence-corrected chi connectivity index (χ2v) is 6.73. The van der Waals surface area contributed by atoms with Gasteiger partial charge in [-0.2, -0.15) is 16.8 Å². The Morgan fingerprint density at radius 1 is 1.00 bits per heavy atom. The Balaban J connectivity index is 2.67. The van der Waals surface area contributed by atoms with Crippen molar-refractivity contribution in [3.05, 3.63) is 34.2 Å². The first-order chi connectivity index (χ1) is 8.59. The van der Waals surface area contributed by atoms with E-state index in [0.29, 0.717) is 5.56 Å². The molecule has 1 aliphatic carbocycles. The van der Waals surface area contributed by atoms with Gasteiger partial charge in [0.15, 0.2) is 5.78 Å². The van der Waals surface area contributed by atoms with Crippen molar-refractivity contribution in [3.63, 3.8) is 0 Å². The van der Waals surface area contributed by atoms with Crippen molar-refractivity contribution in [2.75, 3.05) is 0 Å². The van der Waals surface area contributed by atoms with Crippen molar-refractivity contribution >= 4 is 32.1 Å². The van der Waals surface area contributed by atoms with Crippen LogP contribution in [0.25, 0.3) is 6.08 Å². The topological polar surface area (TPSA) is 126 Å². The Labute approximate surface area is 109 Å². The largest absolute Gasteiger partial charge is 0.298 e. The van der Waals surface area contributed by atoms with Crippen molar-refractivity contribution in [2.24, 2.45) is 0 Å². The van der Waals surface area contributed by atoms with E-state index in [0.717, 1.165) is 18.2 Å². The minimum absolute atomic E-state index is 0.141. The predicted octanol–water partition coefficient (Wildman–Crippen LogP) is 0.287. The first kappa shape index (κ1) is 13.9. The highest BCUT2D eigenvalue weighted by Crippen LogP contribution is 2.26. The van der Waals surface area contributed by atoms with E-state index in [1.54, 1.807) is 0 Å². The standard InChI is InChI=1S/C10H8O7S2/c11-9-4-6-1-2-8(18(12,13)14)3-7(6)5-10(9)19(15,16)17/h1-3,5H,4H2,(H,12,13,14)(H,15,16,17). The highest BCUT2D eigenvalue weighted by molar-refractivity contribution is 7.91. The summed E-state index contributed by atoms with van der Waals surface area (Å²) in [6.07, 6.45) is 0.609. The Bertz CT molecular complexity index is 800. The molecule has 0 bridgehead atoms. The van der Waals surface area contributed by atoms with E-state index in [1.165, 1.54) is 6.07 Å². The van der Waals surface area contributed by atoms with Crippen LogP contribution in [0.15, 0.2) is 28.0 Å². The van der Waals surface area contributed by atoms with E-state index in [2.05, 4.69) is 0 Å². The lowest BCUT2D eigenvalue weighted by atomic mass is 9.97. The lowest BCUT2D eigenvalue weighted by molar-refractivity contribution is -0.114. The molecule has 2 rings (SSSR count). The van der Waals surface area contributed by atoms with Gasteiger partial charge >= 0.3 is 0 Å². The highest BCUT2D eigenvalue weighted by atomic mass is 32.2. The van der Waals surface area contributed by atoms with E-state index in [9.17, 15) is 21.6 Å². The fourth-order valence-corrected chi connectivity index (χ4v) is 2.88. The third-order valence-electron chi connectivity index (χ3n) is 2.61. The molecule has 7 nitrogen and oxygen atoms in total. The first-order valence-electron chi connectivity index (χ1n) is 4.92. The molecule has 0 saturated heterocycles. The third kappa shape index (κ3) is 2.73. The van der Waals surface area contributed by atoms with E-state index in [1.807, 2.05) is 0 Å². The molecule has 0 aromatic heterocycles. The van der Waals surface area contributed by atoms with E-state index in [4.69, 9.17) is 9.11 Å². The molecule has 0 fully saturated rings. The maximum absolute atomic E-state index is 11.5. The van der Waals surface area contributed by atoms with Crippen molar-refractivity contribution in [3.8, 4) is 0 Å². The molecular formula is C10H8O7S2. The molecule has 102 valence electrons. The zero-order valence-corrected chi connectivity index (χ0v) is 10.9. The van der Waals surface area contributed by atoms with Gasteiger partial charge in [-0.05, 0) is 29.3 Å². The normalized spacial score (nSPS) is 15.9. The van der Waals surface area contributed by atoms with Crippen LogP contribution < -0.4 is 0 Å².